The van der Waals surface area contributed by atoms with E-state index >= 15 is 0 Å². The molecule has 0 atom stereocenters. The molecular weight excluding hydrogens is 422 g/mol. The van der Waals surface area contributed by atoms with Gasteiger partial charge in [-0.1, -0.05) is 29.8 Å². The van der Waals surface area contributed by atoms with E-state index in [1.54, 1.807) is 18.5 Å². The molecule has 3 aromatic rings. The van der Waals surface area contributed by atoms with E-state index in [0.717, 1.165) is 34.6 Å². The molecule has 2 aromatic heterocycles. The summed E-state index contributed by atoms with van der Waals surface area (Å²) in [6, 6.07) is 11.7. The van der Waals surface area contributed by atoms with Crippen LogP contribution in [0.15, 0.2) is 60.9 Å². The van der Waals surface area contributed by atoms with Gasteiger partial charge in [-0.25, -0.2) is 0 Å². The summed E-state index contributed by atoms with van der Waals surface area (Å²) in [5.74, 6) is 0.0149. The maximum Gasteiger partial charge on any atom is 0.246 e. The van der Waals surface area contributed by atoms with Crippen molar-refractivity contribution in [3.63, 3.8) is 0 Å². The third kappa shape index (κ3) is 4.47. The van der Waals surface area contributed by atoms with Crippen LogP contribution in [0.4, 0.5) is 0 Å². The lowest BCUT2D eigenvalue weighted by molar-refractivity contribution is -0.129. The number of rotatable bonds is 5. The molecule has 3 heterocycles. The normalized spacial score (nSPS) is 15.4. The Morgan fingerprint density at radius 3 is 2.47 bits per heavy atom. The minimum Gasteiger partial charge on any atom is -0.331 e. The summed E-state index contributed by atoms with van der Waals surface area (Å²) < 4.78 is 2.08. The van der Waals surface area contributed by atoms with E-state index in [2.05, 4.69) is 23.5 Å². The quantitative estimate of drug-likeness (QED) is 0.539. The molecule has 0 N–H and O–H groups in total. The minimum absolute atomic E-state index is 0.0149. The lowest BCUT2D eigenvalue weighted by Gasteiger charge is -2.39. The molecule has 1 aromatic carbocycles. The van der Waals surface area contributed by atoms with Crippen molar-refractivity contribution in [2.24, 2.45) is 0 Å². The van der Waals surface area contributed by atoms with Crippen LogP contribution < -0.4 is 0 Å². The predicted octanol–water partition coefficient (Wildman–Crippen LogP) is 4.46. The average Bonchev–Trinajstić information content (AvgIpc) is 3.15. The molecule has 6 nitrogen and oxygen atoms in total. The largest absolute Gasteiger partial charge is 0.331 e. The van der Waals surface area contributed by atoms with Crippen molar-refractivity contribution in [1.29, 1.82) is 0 Å². The summed E-state index contributed by atoms with van der Waals surface area (Å²) in [6.45, 7) is 6.04. The molecule has 0 saturated carbocycles. The summed E-state index contributed by atoms with van der Waals surface area (Å²) in [5, 5.41) is 5.73. The van der Waals surface area contributed by atoms with Gasteiger partial charge in [0.25, 0.3) is 0 Å². The lowest BCUT2D eigenvalue weighted by atomic mass is 9.96. The van der Waals surface area contributed by atoms with Gasteiger partial charge in [-0.3, -0.25) is 14.5 Å². The van der Waals surface area contributed by atoms with E-state index in [-0.39, 0.29) is 11.4 Å². The van der Waals surface area contributed by atoms with Gasteiger partial charge in [-0.2, -0.15) is 5.10 Å². The number of carbonyl (C=O) groups excluding carboxylic acids is 1. The van der Waals surface area contributed by atoms with E-state index in [4.69, 9.17) is 16.7 Å². The van der Waals surface area contributed by atoms with Crippen LogP contribution in [-0.4, -0.2) is 57.7 Å². The van der Waals surface area contributed by atoms with Crippen molar-refractivity contribution in [1.82, 2.24) is 24.6 Å². The number of halogens is 1. The number of pyridine rings is 1. The van der Waals surface area contributed by atoms with Crippen LogP contribution in [0.25, 0.3) is 22.4 Å². The maximum atomic E-state index is 13.0. The minimum atomic E-state index is -0.356. The first kappa shape index (κ1) is 22.2. The molecular formula is C25H28ClN5O. The van der Waals surface area contributed by atoms with Gasteiger partial charge in [-0.05, 0) is 57.8 Å². The van der Waals surface area contributed by atoms with Gasteiger partial charge in [0.2, 0.25) is 5.91 Å². The highest BCUT2D eigenvalue weighted by Gasteiger charge is 2.37. The predicted molar refractivity (Wildman–Crippen MR) is 128 cm³/mol. The Labute approximate surface area is 194 Å². The van der Waals surface area contributed by atoms with Crippen molar-refractivity contribution in [2.45, 2.75) is 25.9 Å². The molecule has 0 unspecified atom stereocenters. The summed E-state index contributed by atoms with van der Waals surface area (Å²) >= 11 is 6.13. The van der Waals surface area contributed by atoms with Gasteiger partial charge >= 0.3 is 0 Å². The number of benzene rings is 1. The molecule has 4 rings (SSSR count). The number of hydrogen-bond donors (Lipinski definition) is 0. The molecule has 1 amide bonds. The van der Waals surface area contributed by atoms with Crippen LogP contribution in [0.1, 0.15) is 19.5 Å². The number of carbonyl (C=O) groups is 1. The monoisotopic (exact) mass is 449 g/mol. The average molecular weight is 450 g/mol. The van der Waals surface area contributed by atoms with E-state index in [0.29, 0.717) is 18.1 Å². The molecule has 0 saturated heterocycles. The fourth-order valence-corrected chi connectivity index (χ4v) is 4.25. The molecule has 166 valence electrons. The van der Waals surface area contributed by atoms with Gasteiger partial charge in [0, 0.05) is 47.7 Å². The topological polar surface area (TPSA) is 54.3 Å². The second kappa shape index (κ2) is 8.88. The Balaban J connectivity index is 1.81. The highest BCUT2D eigenvalue weighted by molar-refractivity contribution is 6.30. The van der Waals surface area contributed by atoms with Crippen LogP contribution in [0.3, 0.4) is 0 Å². The smallest absolute Gasteiger partial charge is 0.246 e. The van der Waals surface area contributed by atoms with Crippen molar-refractivity contribution >= 4 is 17.5 Å². The summed E-state index contributed by atoms with van der Waals surface area (Å²) in [5.41, 5.74) is 4.59. The van der Waals surface area contributed by atoms with E-state index in [1.807, 2.05) is 66.4 Å². The first-order chi connectivity index (χ1) is 15.3. The number of hydrogen-bond acceptors (Lipinski definition) is 4. The summed E-state index contributed by atoms with van der Waals surface area (Å²) in [4.78, 5) is 21.1. The molecule has 32 heavy (non-hydrogen) atoms. The van der Waals surface area contributed by atoms with Crippen LogP contribution in [0, 0.1) is 0 Å². The number of nitrogens with zero attached hydrogens (tertiary/aromatic N) is 5. The standard InChI is InChI=1S/C25H28ClN5O/c1-25(2)17-30(22(32)6-5-15-29(3)4)16-21-23(18-11-13-27-14-12-18)24(28-31(21)25)19-7-9-20(26)10-8-19/h5-14H,15-17H2,1-4H3/b6-5+. The number of aromatic nitrogens is 3. The maximum absolute atomic E-state index is 13.0. The summed E-state index contributed by atoms with van der Waals surface area (Å²) in [7, 11) is 3.97. The first-order valence-corrected chi connectivity index (χ1v) is 11.0. The van der Waals surface area contributed by atoms with Crippen LogP contribution >= 0.6 is 11.6 Å². The molecule has 0 radical (unpaired) electrons. The fraction of sp³-hybridized carbons (Fsp3) is 0.320. The molecule has 1 aliphatic rings. The van der Waals surface area contributed by atoms with Gasteiger partial charge in [0.1, 0.15) is 5.69 Å². The molecule has 0 bridgehead atoms. The van der Waals surface area contributed by atoms with E-state index in [1.165, 1.54) is 0 Å². The van der Waals surface area contributed by atoms with Gasteiger partial charge in [-0.15, -0.1) is 0 Å². The van der Waals surface area contributed by atoms with Crippen molar-refractivity contribution in [2.75, 3.05) is 27.2 Å². The zero-order chi connectivity index (χ0) is 22.9. The van der Waals surface area contributed by atoms with Crippen LogP contribution in [-0.2, 0) is 16.9 Å². The third-order valence-corrected chi connectivity index (χ3v) is 5.85. The number of fused-ring (bicyclic) bond motifs is 1. The van der Waals surface area contributed by atoms with Crippen LogP contribution in [0.2, 0.25) is 5.02 Å². The molecule has 0 spiro atoms. The molecule has 0 fully saturated rings. The first-order valence-electron chi connectivity index (χ1n) is 10.6. The van der Waals surface area contributed by atoms with Crippen molar-refractivity contribution in [3.8, 4) is 22.4 Å². The second-order valence-electron chi connectivity index (χ2n) is 9.00. The Bertz CT molecular complexity index is 1130. The second-order valence-corrected chi connectivity index (χ2v) is 9.43. The molecule has 1 aliphatic heterocycles. The van der Waals surface area contributed by atoms with Crippen molar-refractivity contribution in [3.05, 3.63) is 71.7 Å². The zero-order valence-electron chi connectivity index (χ0n) is 18.9. The molecule has 0 aliphatic carbocycles. The van der Waals surface area contributed by atoms with Gasteiger partial charge < -0.3 is 9.80 Å². The van der Waals surface area contributed by atoms with Gasteiger partial charge in [0.05, 0.1) is 17.8 Å². The zero-order valence-corrected chi connectivity index (χ0v) is 19.7. The Morgan fingerprint density at radius 2 is 1.81 bits per heavy atom. The Kier molecular flexibility index (Phi) is 6.17. The third-order valence-electron chi connectivity index (χ3n) is 5.60. The lowest BCUT2D eigenvalue weighted by Crippen LogP contribution is -2.49. The number of likely N-dealkylation sites (N-methyl/N-ethyl adjacent to an activating group) is 1. The molecule has 7 heteroatoms. The number of amides is 1. The van der Waals surface area contributed by atoms with Crippen molar-refractivity contribution < 1.29 is 4.79 Å². The Hall–Kier alpha value is -2.96. The van der Waals surface area contributed by atoms with E-state index < -0.39 is 0 Å². The fourth-order valence-electron chi connectivity index (χ4n) is 4.13. The van der Waals surface area contributed by atoms with Gasteiger partial charge in [0.15, 0.2) is 0 Å². The highest BCUT2D eigenvalue weighted by Crippen LogP contribution is 2.40. The van der Waals surface area contributed by atoms with E-state index in [9.17, 15) is 4.79 Å². The highest BCUT2D eigenvalue weighted by atomic mass is 35.5. The summed E-state index contributed by atoms with van der Waals surface area (Å²) in [6.07, 6.45) is 7.15. The SMILES string of the molecule is CN(C)C/C=C/C(=O)N1Cc2c(-c3ccncc3)c(-c3ccc(Cl)cc3)nn2C(C)(C)C1. The van der Waals surface area contributed by atoms with Crippen LogP contribution in [0.5, 0.6) is 0 Å². The Morgan fingerprint density at radius 1 is 1.12 bits per heavy atom.